The molecule has 2 amide bonds. The number of carbonyl (C=O) groups is 2. The Balaban J connectivity index is 1.49. The highest BCUT2D eigenvalue weighted by molar-refractivity contribution is 7.10. The third-order valence-corrected chi connectivity index (χ3v) is 4.74. The van der Waals surface area contributed by atoms with Crippen molar-refractivity contribution >= 4 is 23.3 Å². The van der Waals surface area contributed by atoms with Crippen molar-refractivity contribution in [3.8, 4) is 0 Å². The maximum absolute atomic E-state index is 12.2. The molecule has 1 aromatic heterocycles. The minimum Gasteiger partial charge on any atom is -0.448 e. The first kappa shape index (κ1) is 13.4. The zero-order valence-electron chi connectivity index (χ0n) is 11.3. The summed E-state index contributed by atoms with van der Waals surface area (Å²) in [5.41, 5.74) is 0. The summed E-state index contributed by atoms with van der Waals surface area (Å²) in [5, 5.41) is 1.99. The molecule has 20 heavy (non-hydrogen) atoms. The van der Waals surface area contributed by atoms with Crippen molar-refractivity contribution in [2.75, 3.05) is 32.8 Å². The zero-order chi connectivity index (χ0) is 13.9. The van der Waals surface area contributed by atoms with Crippen molar-refractivity contribution in [1.29, 1.82) is 0 Å². The average Bonchev–Trinajstić information content (AvgIpc) is 3.13. The second-order valence-electron chi connectivity index (χ2n) is 5.31. The standard InChI is InChI=1S/C14H18N2O3S/c17-13(8-12-2-1-7-20-12)15-4-3-11(9-15)10-16-5-6-19-14(16)18/h1-2,7,11H,3-6,8-10H2. The van der Waals surface area contributed by atoms with Gasteiger partial charge < -0.3 is 14.5 Å². The van der Waals surface area contributed by atoms with Crippen molar-refractivity contribution in [2.45, 2.75) is 12.8 Å². The fraction of sp³-hybridized carbons (Fsp3) is 0.571. The topological polar surface area (TPSA) is 49.9 Å². The Morgan fingerprint density at radius 3 is 3.05 bits per heavy atom. The largest absolute Gasteiger partial charge is 0.448 e. The first-order chi connectivity index (χ1) is 9.72. The maximum atomic E-state index is 12.2. The summed E-state index contributed by atoms with van der Waals surface area (Å²) in [6.45, 7) is 3.44. The molecular formula is C14H18N2O3S. The molecule has 1 unspecified atom stereocenters. The molecule has 2 aliphatic heterocycles. The van der Waals surface area contributed by atoms with E-state index in [1.165, 1.54) is 0 Å². The Morgan fingerprint density at radius 2 is 2.35 bits per heavy atom. The van der Waals surface area contributed by atoms with Gasteiger partial charge in [0.15, 0.2) is 0 Å². The lowest BCUT2D eigenvalue weighted by atomic mass is 10.1. The Labute approximate surface area is 122 Å². The van der Waals surface area contributed by atoms with Crippen LogP contribution in [0.4, 0.5) is 4.79 Å². The summed E-state index contributed by atoms with van der Waals surface area (Å²) in [6, 6.07) is 3.97. The predicted octanol–water partition coefficient (Wildman–Crippen LogP) is 1.59. The second kappa shape index (κ2) is 5.83. The first-order valence-electron chi connectivity index (χ1n) is 6.94. The van der Waals surface area contributed by atoms with E-state index in [4.69, 9.17) is 4.74 Å². The number of nitrogens with zero attached hydrogens (tertiary/aromatic N) is 2. The van der Waals surface area contributed by atoms with Gasteiger partial charge in [-0.25, -0.2) is 4.79 Å². The zero-order valence-corrected chi connectivity index (χ0v) is 12.1. The van der Waals surface area contributed by atoms with Crippen LogP contribution in [0.3, 0.4) is 0 Å². The molecule has 0 aliphatic carbocycles. The molecule has 0 bridgehead atoms. The molecule has 0 saturated carbocycles. The van der Waals surface area contributed by atoms with Crippen LogP contribution < -0.4 is 0 Å². The molecular weight excluding hydrogens is 276 g/mol. The highest BCUT2D eigenvalue weighted by Gasteiger charge is 2.31. The lowest BCUT2D eigenvalue weighted by Crippen LogP contribution is -2.34. The van der Waals surface area contributed by atoms with Crippen LogP contribution in [-0.4, -0.2) is 54.6 Å². The van der Waals surface area contributed by atoms with Crippen LogP contribution in [0, 0.1) is 5.92 Å². The Bertz CT molecular complexity index is 489. The van der Waals surface area contributed by atoms with Crippen LogP contribution in [0.5, 0.6) is 0 Å². The molecule has 108 valence electrons. The normalized spacial score (nSPS) is 22.4. The van der Waals surface area contributed by atoms with Gasteiger partial charge in [-0.3, -0.25) is 4.79 Å². The number of hydrogen-bond acceptors (Lipinski definition) is 4. The third kappa shape index (κ3) is 2.95. The van der Waals surface area contributed by atoms with Gasteiger partial charge in [0.1, 0.15) is 6.61 Å². The molecule has 2 saturated heterocycles. The molecule has 5 nitrogen and oxygen atoms in total. The molecule has 1 aromatic rings. The van der Waals surface area contributed by atoms with Gasteiger partial charge in [-0.05, 0) is 23.8 Å². The molecule has 0 radical (unpaired) electrons. The molecule has 3 rings (SSSR count). The van der Waals surface area contributed by atoms with Gasteiger partial charge in [0.2, 0.25) is 5.91 Å². The Kier molecular flexibility index (Phi) is 3.91. The van der Waals surface area contributed by atoms with Gasteiger partial charge in [0, 0.05) is 24.5 Å². The van der Waals surface area contributed by atoms with Crippen LogP contribution in [0.15, 0.2) is 17.5 Å². The minimum absolute atomic E-state index is 0.193. The van der Waals surface area contributed by atoms with Crippen molar-refractivity contribution < 1.29 is 14.3 Å². The maximum Gasteiger partial charge on any atom is 0.409 e. The molecule has 3 heterocycles. The Hall–Kier alpha value is -1.56. The van der Waals surface area contributed by atoms with E-state index < -0.39 is 0 Å². The van der Waals surface area contributed by atoms with Crippen molar-refractivity contribution in [1.82, 2.24) is 9.80 Å². The lowest BCUT2D eigenvalue weighted by Gasteiger charge is -2.19. The smallest absolute Gasteiger partial charge is 0.409 e. The van der Waals surface area contributed by atoms with Crippen LogP contribution in [0.25, 0.3) is 0 Å². The van der Waals surface area contributed by atoms with Gasteiger partial charge in [-0.2, -0.15) is 0 Å². The number of cyclic esters (lactones) is 1. The van der Waals surface area contributed by atoms with Gasteiger partial charge in [-0.1, -0.05) is 6.07 Å². The van der Waals surface area contributed by atoms with E-state index in [0.29, 0.717) is 32.0 Å². The number of ether oxygens (including phenoxy) is 1. The molecule has 0 aromatic carbocycles. The van der Waals surface area contributed by atoms with Crippen molar-refractivity contribution in [3.63, 3.8) is 0 Å². The predicted molar refractivity (Wildman–Crippen MR) is 75.6 cm³/mol. The number of thiophene rings is 1. The molecule has 0 spiro atoms. The second-order valence-corrected chi connectivity index (χ2v) is 6.34. The monoisotopic (exact) mass is 294 g/mol. The molecule has 2 aliphatic rings. The van der Waals surface area contributed by atoms with Crippen molar-refractivity contribution in [2.24, 2.45) is 5.92 Å². The quantitative estimate of drug-likeness (QED) is 0.847. The van der Waals surface area contributed by atoms with Crippen LogP contribution in [0.1, 0.15) is 11.3 Å². The van der Waals surface area contributed by atoms with Gasteiger partial charge in [0.05, 0.1) is 13.0 Å². The van der Waals surface area contributed by atoms with Crippen LogP contribution in [-0.2, 0) is 16.0 Å². The van der Waals surface area contributed by atoms with E-state index in [0.717, 1.165) is 24.4 Å². The van der Waals surface area contributed by atoms with Crippen LogP contribution in [0.2, 0.25) is 0 Å². The summed E-state index contributed by atoms with van der Waals surface area (Å²) in [4.78, 5) is 28.4. The summed E-state index contributed by atoms with van der Waals surface area (Å²) in [6.07, 6.45) is 1.25. The average molecular weight is 294 g/mol. The highest BCUT2D eigenvalue weighted by atomic mass is 32.1. The van der Waals surface area contributed by atoms with Gasteiger partial charge >= 0.3 is 6.09 Å². The van der Waals surface area contributed by atoms with Crippen LogP contribution >= 0.6 is 11.3 Å². The fourth-order valence-corrected chi connectivity index (χ4v) is 3.48. The van der Waals surface area contributed by atoms with E-state index in [1.807, 2.05) is 22.4 Å². The number of amides is 2. The lowest BCUT2D eigenvalue weighted by molar-refractivity contribution is -0.129. The molecule has 0 N–H and O–H groups in total. The molecule has 1 atom stereocenters. The van der Waals surface area contributed by atoms with E-state index in [2.05, 4.69) is 0 Å². The van der Waals surface area contributed by atoms with Crippen molar-refractivity contribution in [3.05, 3.63) is 22.4 Å². The van der Waals surface area contributed by atoms with E-state index in [9.17, 15) is 9.59 Å². The number of carbonyl (C=O) groups excluding carboxylic acids is 2. The first-order valence-corrected chi connectivity index (χ1v) is 7.82. The molecule has 2 fully saturated rings. The molecule has 6 heteroatoms. The number of likely N-dealkylation sites (tertiary alicyclic amines) is 1. The minimum atomic E-state index is -0.214. The number of hydrogen-bond donors (Lipinski definition) is 0. The SMILES string of the molecule is O=C(Cc1cccs1)N1CCC(CN2CCOC2=O)C1. The van der Waals surface area contributed by atoms with E-state index in [1.54, 1.807) is 16.2 Å². The van der Waals surface area contributed by atoms with Gasteiger partial charge in [-0.15, -0.1) is 11.3 Å². The summed E-state index contributed by atoms with van der Waals surface area (Å²) in [7, 11) is 0. The van der Waals surface area contributed by atoms with Gasteiger partial charge in [0.25, 0.3) is 0 Å². The van der Waals surface area contributed by atoms with E-state index >= 15 is 0 Å². The summed E-state index contributed by atoms with van der Waals surface area (Å²) >= 11 is 1.62. The highest BCUT2D eigenvalue weighted by Crippen LogP contribution is 2.20. The fourth-order valence-electron chi connectivity index (χ4n) is 2.79. The number of rotatable bonds is 4. The summed E-state index contributed by atoms with van der Waals surface area (Å²) in [5.74, 6) is 0.576. The van der Waals surface area contributed by atoms with E-state index in [-0.39, 0.29) is 12.0 Å². The Morgan fingerprint density at radius 1 is 1.45 bits per heavy atom. The summed E-state index contributed by atoms with van der Waals surface area (Å²) < 4.78 is 4.93. The third-order valence-electron chi connectivity index (χ3n) is 3.87.